The molecule has 2 rings (SSSR count). The first-order chi connectivity index (χ1) is 7.54. The normalized spacial score (nSPS) is 23.8. The Balaban J connectivity index is 2.38. The lowest BCUT2D eigenvalue weighted by Crippen LogP contribution is -2.43. The smallest absolute Gasteiger partial charge is 0.170 e. The van der Waals surface area contributed by atoms with Gasteiger partial charge in [0.15, 0.2) is 5.78 Å². The Morgan fingerprint density at radius 1 is 1.56 bits per heavy atom. The third kappa shape index (κ3) is 2.13. The Bertz CT molecular complexity index is 430. The van der Waals surface area contributed by atoms with Crippen LogP contribution < -0.4 is 4.74 Å². The molecular formula is C12H13BrO3. The van der Waals surface area contributed by atoms with Crippen LogP contribution in [0.15, 0.2) is 22.7 Å². The van der Waals surface area contributed by atoms with Crippen LogP contribution in [-0.4, -0.2) is 25.1 Å². The number of halogens is 1. The van der Waals surface area contributed by atoms with Crippen LogP contribution in [0, 0.1) is 0 Å². The van der Waals surface area contributed by atoms with Crippen molar-refractivity contribution in [2.45, 2.75) is 18.9 Å². The van der Waals surface area contributed by atoms with Gasteiger partial charge in [-0.1, -0.05) is 15.9 Å². The molecule has 1 aliphatic rings. The van der Waals surface area contributed by atoms with E-state index in [1.807, 2.05) is 19.1 Å². The molecule has 1 aromatic carbocycles. The van der Waals surface area contributed by atoms with E-state index in [1.165, 1.54) is 0 Å². The number of benzene rings is 1. The zero-order chi connectivity index (χ0) is 11.8. The number of ether oxygens (including phenoxy) is 2. The molecule has 0 aliphatic carbocycles. The van der Waals surface area contributed by atoms with E-state index in [0.29, 0.717) is 24.3 Å². The molecule has 0 aromatic heterocycles. The fourth-order valence-electron chi connectivity index (χ4n) is 1.93. The Kier molecular flexibility index (Phi) is 3.04. The van der Waals surface area contributed by atoms with Gasteiger partial charge in [-0.3, -0.25) is 4.79 Å². The molecule has 0 amide bonds. The van der Waals surface area contributed by atoms with Gasteiger partial charge in [-0.15, -0.1) is 0 Å². The number of fused-ring (bicyclic) bond motifs is 1. The fourth-order valence-corrected chi connectivity index (χ4v) is 2.27. The summed E-state index contributed by atoms with van der Waals surface area (Å²) in [6, 6.07) is 5.45. The minimum absolute atomic E-state index is 0.105. The van der Waals surface area contributed by atoms with E-state index in [-0.39, 0.29) is 5.78 Å². The molecule has 1 heterocycles. The largest absolute Gasteiger partial charge is 0.484 e. The number of hydrogen-bond acceptors (Lipinski definition) is 3. The maximum atomic E-state index is 11.9. The topological polar surface area (TPSA) is 35.5 Å². The van der Waals surface area contributed by atoms with Crippen molar-refractivity contribution < 1.29 is 14.3 Å². The lowest BCUT2D eigenvalue weighted by atomic mass is 9.92. The quantitative estimate of drug-likeness (QED) is 0.838. The first-order valence-electron chi connectivity index (χ1n) is 5.05. The van der Waals surface area contributed by atoms with Gasteiger partial charge in [0.1, 0.15) is 11.4 Å². The molecule has 1 atom stereocenters. The van der Waals surface area contributed by atoms with Crippen LogP contribution in [0.3, 0.4) is 0 Å². The highest BCUT2D eigenvalue weighted by molar-refractivity contribution is 9.10. The zero-order valence-electron chi connectivity index (χ0n) is 9.25. The molecule has 0 radical (unpaired) electrons. The van der Waals surface area contributed by atoms with Crippen molar-refractivity contribution in [1.29, 1.82) is 0 Å². The summed E-state index contributed by atoms with van der Waals surface area (Å²) in [7, 11) is 1.61. The number of carbonyl (C=O) groups is 1. The van der Waals surface area contributed by atoms with Gasteiger partial charge >= 0.3 is 0 Å². The number of ketones is 1. The number of methoxy groups -OCH3 is 1. The third-order valence-corrected chi connectivity index (χ3v) is 3.08. The molecule has 1 unspecified atom stereocenters. The molecule has 1 aliphatic heterocycles. The van der Waals surface area contributed by atoms with Crippen LogP contribution in [0.1, 0.15) is 23.7 Å². The summed E-state index contributed by atoms with van der Waals surface area (Å²) in [6.45, 7) is 2.29. The van der Waals surface area contributed by atoms with Gasteiger partial charge in [-0.05, 0) is 25.1 Å². The lowest BCUT2D eigenvalue weighted by molar-refractivity contribution is -0.00584. The van der Waals surface area contributed by atoms with Crippen molar-refractivity contribution in [2.24, 2.45) is 0 Å². The van der Waals surface area contributed by atoms with Crippen molar-refractivity contribution in [3.8, 4) is 5.75 Å². The van der Waals surface area contributed by atoms with E-state index >= 15 is 0 Å². The maximum Gasteiger partial charge on any atom is 0.170 e. The second-order valence-corrected chi connectivity index (χ2v) is 5.14. The van der Waals surface area contributed by atoms with Gasteiger partial charge in [0.2, 0.25) is 0 Å². The SMILES string of the molecule is COCC1(C)CC(=O)c2ccc(Br)cc2O1. The van der Waals surface area contributed by atoms with Crippen LogP contribution in [0.25, 0.3) is 0 Å². The summed E-state index contributed by atoms with van der Waals surface area (Å²) in [5.74, 6) is 0.735. The average Bonchev–Trinajstić information content (AvgIpc) is 2.15. The second kappa shape index (κ2) is 4.18. The fraction of sp³-hybridized carbons (Fsp3) is 0.417. The van der Waals surface area contributed by atoms with E-state index in [9.17, 15) is 4.79 Å². The average molecular weight is 285 g/mol. The Morgan fingerprint density at radius 2 is 2.31 bits per heavy atom. The van der Waals surface area contributed by atoms with Crippen molar-refractivity contribution in [1.82, 2.24) is 0 Å². The Labute approximate surface area is 103 Å². The summed E-state index contributed by atoms with van der Waals surface area (Å²) < 4.78 is 11.8. The molecular weight excluding hydrogens is 272 g/mol. The monoisotopic (exact) mass is 284 g/mol. The van der Waals surface area contributed by atoms with E-state index in [1.54, 1.807) is 13.2 Å². The molecule has 86 valence electrons. The molecule has 0 saturated heterocycles. The van der Waals surface area contributed by atoms with Crippen molar-refractivity contribution in [3.05, 3.63) is 28.2 Å². The van der Waals surface area contributed by atoms with Crippen LogP contribution in [0.5, 0.6) is 5.75 Å². The predicted molar refractivity (Wildman–Crippen MR) is 64.0 cm³/mol. The van der Waals surface area contributed by atoms with E-state index < -0.39 is 5.60 Å². The van der Waals surface area contributed by atoms with E-state index in [2.05, 4.69) is 15.9 Å². The molecule has 1 aromatic rings. The highest BCUT2D eigenvalue weighted by Gasteiger charge is 2.36. The molecule has 0 N–H and O–H groups in total. The van der Waals surface area contributed by atoms with Gasteiger partial charge in [-0.2, -0.15) is 0 Å². The first kappa shape index (κ1) is 11.6. The van der Waals surface area contributed by atoms with Gasteiger partial charge in [0.05, 0.1) is 18.6 Å². The van der Waals surface area contributed by atoms with Crippen LogP contribution in [-0.2, 0) is 4.74 Å². The van der Waals surface area contributed by atoms with Gasteiger partial charge in [-0.25, -0.2) is 0 Å². The molecule has 0 fully saturated rings. The minimum Gasteiger partial charge on any atom is -0.484 e. The summed E-state index contributed by atoms with van der Waals surface area (Å²) in [5, 5.41) is 0. The van der Waals surface area contributed by atoms with E-state index in [4.69, 9.17) is 9.47 Å². The molecule has 0 spiro atoms. The number of carbonyl (C=O) groups excluding carboxylic acids is 1. The highest BCUT2D eigenvalue weighted by Crippen LogP contribution is 2.35. The van der Waals surface area contributed by atoms with Crippen molar-refractivity contribution in [3.63, 3.8) is 0 Å². The third-order valence-electron chi connectivity index (χ3n) is 2.58. The number of hydrogen-bond donors (Lipinski definition) is 0. The first-order valence-corrected chi connectivity index (χ1v) is 5.84. The highest BCUT2D eigenvalue weighted by atomic mass is 79.9. The number of rotatable bonds is 2. The molecule has 16 heavy (non-hydrogen) atoms. The number of Topliss-reactive ketones (excluding diaryl/α,β-unsaturated/α-hetero) is 1. The van der Waals surface area contributed by atoms with Crippen molar-refractivity contribution in [2.75, 3.05) is 13.7 Å². The molecule has 4 heteroatoms. The summed E-state index contributed by atoms with van der Waals surface area (Å²) in [5.41, 5.74) is 0.0939. The summed E-state index contributed by atoms with van der Waals surface area (Å²) in [4.78, 5) is 11.9. The minimum atomic E-state index is -0.556. The van der Waals surface area contributed by atoms with Crippen LogP contribution >= 0.6 is 15.9 Å². The zero-order valence-corrected chi connectivity index (χ0v) is 10.8. The van der Waals surface area contributed by atoms with Crippen LogP contribution in [0.4, 0.5) is 0 Å². The van der Waals surface area contributed by atoms with Gasteiger partial charge in [0, 0.05) is 11.6 Å². The Hall–Kier alpha value is -0.870. The summed E-state index contributed by atoms with van der Waals surface area (Å²) >= 11 is 3.36. The predicted octanol–water partition coefficient (Wildman–Crippen LogP) is 2.82. The summed E-state index contributed by atoms with van der Waals surface area (Å²) in [6.07, 6.45) is 0.357. The Morgan fingerprint density at radius 3 is 3.00 bits per heavy atom. The lowest BCUT2D eigenvalue weighted by Gasteiger charge is -2.34. The van der Waals surface area contributed by atoms with Crippen LogP contribution in [0.2, 0.25) is 0 Å². The van der Waals surface area contributed by atoms with E-state index in [0.717, 1.165) is 4.47 Å². The standard InChI is InChI=1S/C12H13BrO3/c1-12(7-15-2)6-10(14)9-4-3-8(13)5-11(9)16-12/h3-5H,6-7H2,1-2H3. The van der Waals surface area contributed by atoms with Crippen molar-refractivity contribution >= 4 is 21.7 Å². The molecule has 3 nitrogen and oxygen atoms in total. The molecule has 0 saturated carbocycles. The van der Waals surface area contributed by atoms with Gasteiger partial charge in [0.25, 0.3) is 0 Å². The van der Waals surface area contributed by atoms with Gasteiger partial charge < -0.3 is 9.47 Å². The maximum absolute atomic E-state index is 11.9. The second-order valence-electron chi connectivity index (χ2n) is 4.23. The molecule has 0 bridgehead atoms.